The molecule has 5 atom stereocenters. The van der Waals surface area contributed by atoms with Crippen LogP contribution in [-0.2, 0) is 23.7 Å². The first-order valence-corrected chi connectivity index (χ1v) is 26.6. The van der Waals surface area contributed by atoms with Gasteiger partial charge in [0.2, 0.25) is 0 Å². The molecule has 0 saturated carbocycles. The number of nitrogens with zero attached hydrogens (tertiary/aromatic N) is 1. The molecular weight excluding hydrogens is 731 g/mol. The van der Waals surface area contributed by atoms with E-state index in [-0.39, 0.29) is 30.9 Å². The molecule has 0 spiro atoms. The molecule has 2 unspecified atom stereocenters. The fourth-order valence-electron chi connectivity index (χ4n) is 9.49. The van der Waals surface area contributed by atoms with Gasteiger partial charge in [-0.2, -0.15) is 0 Å². The molecule has 0 aromatic carbocycles. The van der Waals surface area contributed by atoms with Gasteiger partial charge in [-0.05, 0) is 77.4 Å². The Morgan fingerprint density at radius 3 is 1.31 bits per heavy atom. The molecule has 2 heterocycles. The number of ether oxygens (including phenoxy) is 4. The number of piperidine rings is 1. The Labute approximate surface area is 368 Å². The van der Waals surface area contributed by atoms with E-state index in [1.807, 2.05) is 0 Å². The van der Waals surface area contributed by atoms with E-state index in [4.69, 9.17) is 18.9 Å². The van der Waals surface area contributed by atoms with Crippen LogP contribution in [0.25, 0.3) is 0 Å². The molecule has 0 aliphatic carbocycles. The monoisotopic (exact) mass is 834 g/mol. The summed E-state index contributed by atoms with van der Waals surface area (Å²) in [5.41, 5.74) is -0.422. The van der Waals surface area contributed by atoms with E-state index in [1.54, 1.807) is 0 Å². The van der Waals surface area contributed by atoms with Crippen LogP contribution in [0.3, 0.4) is 0 Å². The number of carbonyl (C=O) groups is 1. The number of unbranched alkanes of at least 4 members (excludes halogenated alkanes) is 24. The van der Waals surface area contributed by atoms with Crippen molar-refractivity contribution >= 4 is 5.97 Å². The molecule has 59 heavy (non-hydrogen) atoms. The van der Waals surface area contributed by atoms with Crippen LogP contribution in [0.2, 0.25) is 0 Å². The zero-order chi connectivity index (χ0) is 42.7. The van der Waals surface area contributed by atoms with Crippen LogP contribution in [0.5, 0.6) is 0 Å². The van der Waals surface area contributed by atoms with Crippen molar-refractivity contribution in [2.24, 2.45) is 17.3 Å². The zero-order valence-corrected chi connectivity index (χ0v) is 40.7. The molecule has 0 aromatic heterocycles. The predicted molar refractivity (Wildman–Crippen MR) is 252 cm³/mol. The van der Waals surface area contributed by atoms with Crippen molar-refractivity contribution in [3.05, 3.63) is 0 Å². The highest BCUT2D eigenvalue weighted by Crippen LogP contribution is 2.33. The molecule has 2 saturated heterocycles. The highest BCUT2D eigenvalue weighted by molar-refractivity contribution is 5.76. The molecular formula is C53H103NO5. The van der Waals surface area contributed by atoms with Crippen LogP contribution in [-0.4, -0.2) is 75.7 Å². The molecule has 2 fully saturated rings. The fourth-order valence-corrected chi connectivity index (χ4v) is 9.49. The second-order valence-electron chi connectivity index (χ2n) is 19.9. The SMILES string of the molecule is CCCCCCCCCCC(CCCCCCCC)CO[C@@H]1[C@@H](OCC(CCCCCCCC)CCCCCCCCCC)CO[C@@H]1COC(=O)C1(C)CCN(C)CC1. The largest absolute Gasteiger partial charge is 0.462 e. The van der Waals surface area contributed by atoms with Crippen molar-refractivity contribution in [3.63, 3.8) is 0 Å². The maximum atomic E-state index is 13.5. The molecule has 0 N–H and O–H groups in total. The van der Waals surface area contributed by atoms with E-state index in [0.717, 1.165) is 39.1 Å². The van der Waals surface area contributed by atoms with Crippen LogP contribution < -0.4 is 0 Å². The van der Waals surface area contributed by atoms with E-state index in [0.29, 0.717) is 18.4 Å². The second-order valence-corrected chi connectivity index (χ2v) is 19.9. The smallest absolute Gasteiger partial charge is 0.311 e. The predicted octanol–water partition coefficient (Wildman–Crippen LogP) is 15.2. The number of carbonyl (C=O) groups excluding carboxylic acids is 1. The molecule has 350 valence electrons. The highest BCUT2D eigenvalue weighted by atomic mass is 16.6. The molecule has 6 heteroatoms. The van der Waals surface area contributed by atoms with Gasteiger partial charge in [0.05, 0.1) is 25.2 Å². The minimum atomic E-state index is -0.422. The van der Waals surface area contributed by atoms with Crippen molar-refractivity contribution in [2.45, 2.75) is 271 Å². The number of rotatable bonds is 41. The summed E-state index contributed by atoms with van der Waals surface area (Å²) < 4.78 is 26.5. The van der Waals surface area contributed by atoms with Gasteiger partial charge >= 0.3 is 5.97 Å². The summed E-state index contributed by atoms with van der Waals surface area (Å²) in [7, 11) is 2.14. The number of likely N-dealkylation sites (tertiary alicyclic amines) is 1. The van der Waals surface area contributed by atoms with Gasteiger partial charge in [0.1, 0.15) is 24.9 Å². The average molecular weight is 834 g/mol. The number of esters is 1. The van der Waals surface area contributed by atoms with E-state index < -0.39 is 5.41 Å². The molecule has 6 nitrogen and oxygen atoms in total. The summed E-state index contributed by atoms with van der Waals surface area (Å²) in [6.07, 6.45) is 43.9. The maximum absolute atomic E-state index is 13.5. The summed E-state index contributed by atoms with van der Waals surface area (Å²) in [6.45, 7) is 15.5. The number of hydrogen-bond donors (Lipinski definition) is 0. The van der Waals surface area contributed by atoms with Crippen LogP contribution in [0.1, 0.15) is 253 Å². The molecule has 0 radical (unpaired) electrons. The standard InChI is InChI=1S/C53H103NO5/c1-7-11-15-19-23-25-29-33-36-47(35-31-27-21-17-13-9-3)43-56-49-45-57-50(46-59-52(55)53(5)39-41-54(6)42-40-53)51(49)58-44-48(37-32-28-22-18-14-10-4)38-34-30-26-24-20-16-12-8-2/h47-51H,7-46H2,1-6H3/t47?,48?,49-,50+,51+/m0/s1. The first-order valence-electron chi connectivity index (χ1n) is 26.6. The van der Waals surface area contributed by atoms with Gasteiger partial charge in [-0.15, -0.1) is 0 Å². The topological polar surface area (TPSA) is 57.2 Å². The van der Waals surface area contributed by atoms with Gasteiger partial charge in [-0.1, -0.05) is 207 Å². The molecule has 0 bridgehead atoms. The van der Waals surface area contributed by atoms with Crippen molar-refractivity contribution in [2.75, 3.05) is 46.6 Å². The normalized spacial score (nSPS) is 20.6. The summed E-state index contributed by atoms with van der Waals surface area (Å²) in [5.74, 6) is 1.08. The van der Waals surface area contributed by atoms with Crippen molar-refractivity contribution in [1.29, 1.82) is 0 Å². The molecule has 2 rings (SSSR count). The Hall–Kier alpha value is -0.690. The molecule has 0 amide bonds. The first-order chi connectivity index (χ1) is 28.9. The minimum absolute atomic E-state index is 0.0719. The highest BCUT2D eigenvalue weighted by Gasteiger charge is 2.43. The Bertz CT molecular complexity index is 937. The Morgan fingerprint density at radius 2 is 0.915 bits per heavy atom. The van der Waals surface area contributed by atoms with Gasteiger partial charge < -0.3 is 23.8 Å². The van der Waals surface area contributed by atoms with Gasteiger partial charge in [-0.3, -0.25) is 4.79 Å². The first kappa shape index (κ1) is 54.4. The quantitative estimate of drug-likeness (QED) is 0.0452. The van der Waals surface area contributed by atoms with Crippen LogP contribution >= 0.6 is 0 Å². The van der Waals surface area contributed by atoms with E-state index in [9.17, 15) is 4.79 Å². The summed E-state index contributed by atoms with van der Waals surface area (Å²) >= 11 is 0. The van der Waals surface area contributed by atoms with E-state index >= 15 is 0 Å². The van der Waals surface area contributed by atoms with E-state index in [1.165, 1.54) is 205 Å². The minimum Gasteiger partial charge on any atom is -0.462 e. The molecule has 2 aliphatic heterocycles. The fraction of sp³-hybridized carbons (Fsp3) is 0.981. The van der Waals surface area contributed by atoms with Gasteiger partial charge in [0.15, 0.2) is 0 Å². The lowest BCUT2D eigenvalue weighted by molar-refractivity contribution is -0.163. The summed E-state index contributed by atoms with van der Waals surface area (Å²) in [5, 5.41) is 0. The Balaban J connectivity index is 2.07. The molecule has 0 aromatic rings. The summed E-state index contributed by atoms with van der Waals surface area (Å²) in [6, 6.07) is 0. The average Bonchev–Trinajstić information content (AvgIpc) is 3.63. The lowest BCUT2D eigenvalue weighted by Gasteiger charge is -2.36. The van der Waals surface area contributed by atoms with Gasteiger partial charge in [0.25, 0.3) is 0 Å². The van der Waals surface area contributed by atoms with Crippen LogP contribution in [0, 0.1) is 17.3 Å². The third kappa shape index (κ3) is 26.5. The lowest BCUT2D eigenvalue weighted by atomic mass is 9.80. The third-order valence-corrected chi connectivity index (χ3v) is 14.1. The second kappa shape index (κ2) is 36.8. The number of hydrogen-bond acceptors (Lipinski definition) is 6. The Morgan fingerprint density at radius 1 is 0.559 bits per heavy atom. The Kier molecular flexibility index (Phi) is 33.9. The van der Waals surface area contributed by atoms with Gasteiger partial charge in [0, 0.05) is 0 Å². The van der Waals surface area contributed by atoms with Crippen LogP contribution in [0.4, 0.5) is 0 Å². The van der Waals surface area contributed by atoms with Crippen LogP contribution in [0.15, 0.2) is 0 Å². The lowest BCUT2D eigenvalue weighted by Crippen LogP contribution is -2.44. The summed E-state index contributed by atoms with van der Waals surface area (Å²) in [4.78, 5) is 15.8. The maximum Gasteiger partial charge on any atom is 0.311 e. The molecule has 2 aliphatic rings. The van der Waals surface area contributed by atoms with E-state index in [2.05, 4.69) is 46.6 Å². The zero-order valence-electron chi connectivity index (χ0n) is 40.7. The van der Waals surface area contributed by atoms with Crippen molar-refractivity contribution in [1.82, 2.24) is 4.90 Å². The van der Waals surface area contributed by atoms with Gasteiger partial charge in [-0.25, -0.2) is 0 Å². The third-order valence-electron chi connectivity index (χ3n) is 14.1. The van der Waals surface area contributed by atoms with Crippen molar-refractivity contribution < 1.29 is 23.7 Å². The van der Waals surface area contributed by atoms with Crippen molar-refractivity contribution in [3.8, 4) is 0 Å².